The summed E-state index contributed by atoms with van der Waals surface area (Å²) >= 11 is 0. The molecule has 8 nitrogen and oxygen atoms in total. The average molecular weight is 520 g/mol. The second kappa shape index (κ2) is 9.03. The lowest BCUT2D eigenvalue weighted by Gasteiger charge is -2.18. The third-order valence-electron chi connectivity index (χ3n) is 5.37. The van der Waals surface area contributed by atoms with E-state index in [1.54, 1.807) is 32.0 Å². The second-order valence-electron chi connectivity index (χ2n) is 8.54. The molecule has 0 atom stereocenters. The summed E-state index contributed by atoms with van der Waals surface area (Å²) in [5, 5.41) is 14.1. The molecule has 4 aromatic rings. The Balaban J connectivity index is 1.60. The van der Waals surface area contributed by atoms with Crippen LogP contribution < -0.4 is 5.56 Å². The van der Waals surface area contributed by atoms with Gasteiger partial charge in [-0.05, 0) is 55.3 Å². The number of pyridine rings is 1. The third kappa shape index (κ3) is 5.09. The van der Waals surface area contributed by atoms with Gasteiger partial charge in [-0.15, -0.1) is 0 Å². The van der Waals surface area contributed by atoms with Crippen molar-refractivity contribution in [2.75, 3.05) is 0 Å². The van der Waals surface area contributed by atoms with Crippen LogP contribution in [0.5, 0.6) is 0 Å². The number of aromatic nitrogens is 3. The van der Waals surface area contributed by atoms with Gasteiger partial charge < -0.3 is 14.2 Å². The molecule has 0 saturated carbocycles. The van der Waals surface area contributed by atoms with E-state index >= 15 is 0 Å². The van der Waals surface area contributed by atoms with Crippen molar-refractivity contribution in [1.82, 2.24) is 14.7 Å². The van der Waals surface area contributed by atoms with Gasteiger partial charge in [0.15, 0.2) is 0 Å². The Morgan fingerprint density at radius 2 is 1.67 bits per heavy atom. The molecule has 4 rings (SSSR count). The van der Waals surface area contributed by atoms with Crippen molar-refractivity contribution < 1.29 is 31.2 Å². The highest BCUT2D eigenvalue weighted by Crippen LogP contribution is 2.31. The zero-order valence-corrected chi connectivity index (χ0v) is 19.8. The highest BCUT2D eigenvalue weighted by molar-refractivity contribution is 7.92. The molecule has 0 aliphatic heterocycles. The largest absolute Gasteiger partial charge is 0.501 e. The molecule has 0 spiro atoms. The topological polar surface area (TPSA) is 115 Å². The van der Waals surface area contributed by atoms with E-state index < -0.39 is 25.8 Å². The molecular weight excluding hydrogens is 499 g/mol. The summed E-state index contributed by atoms with van der Waals surface area (Å²) in [6.07, 6.45) is 1.53. The fourth-order valence-corrected chi connectivity index (χ4v) is 4.16. The van der Waals surface area contributed by atoms with E-state index in [4.69, 9.17) is 4.52 Å². The van der Waals surface area contributed by atoms with Gasteiger partial charge >= 0.3 is 5.51 Å². The SMILES string of the molecule is CC(C)(O)c1cccc(Cn2cc(-c3noc(-c4ccc(S(=O)(=O)C(F)(F)F)cc4)n3)ccc2=O)c1. The smallest absolute Gasteiger partial charge is 0.386 e. The van der Waals surface area contributed by atoms with Gasteiger partial charge in [0, 0.05) is 23.4 Å². The number of halogens is 3. The molecular formula is C24H20F3N3O5S. The van der Waals surface area contributed by atoms with Gasteiger partial charge in [0.05, 0.1) is 17.0 Å². The molecule has 12 heteroatoms. The monoisotopic (exact) mass is 519 g/mol. The zero-order valence-electron chi connectivity index (χ0n) is 19.0. The second-order valence-corrected chi connectivity index (χ2v) is 10.5. The average Bonchev–Trinajstić information content (AvgIpc) is 3.30. The van der Waals surface area contributed by atoms with Crippen molar-refractivity contribution in [1.29, 1.82) is 0 Å². The minimum Gasteiger partial charge on any atom is -0.386 e. The van der Waals surface area contributed by atoms with Gasteiger partial charge in [-0.1, -0.05) is 29.4 Å². The zero-order chi connectivity index (χ0) is 26.3. The van der Waals surface area contributed by atoms with Crippen LogP contribution in [0.15, 0.2) is 81.1 Å². The molecule has 188 valence electrons. The van der Waals surface area contributed by atoms with E-state index in [9.17, 15) is 31.5 Å². The number of sulfone groups is 1. The number of alkyl halides is 3. The summed E-state index contributed by atoms with van der Waals surface area (Å²) in [6.45, 7) is 3.54. The molecule has 2 aromatic heterocycles. The van der Waals surface area contributed by atoms with Gasteiger partial charge in [0.1, 0.15) is 0 Å². The summed E-state index contributed by atoms with van der Waals surface area (Å²) in [4.78, 5) is 15.7. The van der Waals surface area contributed by atoms with Gasteiger partial charge in [0.2, 0.25) is 5.82 Å². The molecule has 0 saturated heterocycles. The first-order valence-electron chi connectivity index (χ1n) is 10.5. The van der Waals surface area contributed by atoms with E-state index in [1.807, 2.05) is 6.07 Å². The Hall–Kier alpha value is -3.77. The molecule has 2 aromatic carbocycles. The van der Waals surface area contributed by atoms with Crippen LogP contribution in [0.25, 0.3) is 22.8 Å². The van der Waals surface area contributed by atoms with Gasteiger partial charge in [-0.2, -0.15) is 18.2 Å². The third-order valence-corrected chi connectivity index (χ3v) is 6.87. The van der Waals surface area contributed by atoms with Crippen LogP contribution in [0.2, 0.25) is 0 Å². The summed E-state index contributed by atoms with van der Waals surface area (Å²) in [7, 11) is -5.47. The lowest BCUT2D eigenvalue weighted by molar-refractivity contribution is -0.0436. The van der Waals surface area contributed by atoms with E-state index in [0.717, 1.165) is 29.8 Å². The van der Waals surface area contributed by atoms with Crippen LogP contribution in [0.1, 0.15) is 25.0 Å². The molecule has 0 bridgehead atoms. The minimum absolute atomic E-state index is 0.0448. The lowest BCUT2D eigenvalue weighted by atomic mass is 9.96. The highest BCUT2D eigenvalue weighted by Gasteiger charge is 2.46. The minimum atomic E-state index is -5.47. The van der Waals surface area contributed by atoms with Crippen LogP contribution in [-0.2, 0) is 22.0 Å². The first kappa shape index (κ1) is 25.3. The molecule has 0 aliphatic rings. The number of hydrogen-bond acceptors (Lipinski definition) is 7. The first-order chi connectivity index (χ1) is 16.8. The van der Waals surface area contributed by atoms with E-state index in [-0.39, 0.29) is 29.4 Å². The maximum atomic E-state index is 12.7. The van der Waals surface area contributed by atoms with E-state index in [2.05, 4.69) is 10.1 Å². The Labute approximate surface area is 203 Å². The number of benzene rings is 2. The Morgan fingerprint density at radius 1 is 1.00 bits per heavy atom. The van der Waals surface area contributed by atoms with Crippen LogP contribution in [0.4, 0.5) is 13.2 Å². The Kier molecular flexibility index (Phi) is 6.35. The van der Waals surface area contributed by atoms with Crippen molar-refractivity contribution in [2.24, 2.45) is 0 Å². The van der Waals surface area contributed by atoms with Crippen LogP contribution >= 0.6 is 0 Å². The molecule has 0 unspecified atom stereocenters. The quantitative estimate of drug-likeness (QED) is 0.407. The van der Waals surface area contributed by atoms with E-state index in [1.165, 1.54) is 22.9 Å². The molecule has 0 radical (unpaired) electrons. The maximum absolute atomic E-state index is 12.7. The van der Waals surface area contributed by atoms with Crippen LogP contribution in [0.3, 0.4) is 0 Å². The number of hydrogen-bond donors (Lipinski definition) is 1. The van der Waals surface area contributed by atoms with Gasteiger partial charge in [-0.25, -0.2) is 8.42 Å². The predicted octanol–water partition coefficient (Wildman–Crippen LogP) is 4.13. The molecule has 0 fully saturated rings. The standard InChI is InChI=1S/C24H20F3N3O5S/c1-23(2,32)18-5-3-4-15(12-18)13-30-14-17(8-11-20(30)31)21-28-22(35-29-21)16-6-9-19(10-7-16)36(33,34)24(25,26)27/h3-12,14,32H,13H2,1-2H3. The molecule has 2 heterocycles. The Morgan fingerprint density at radius 3 is 2.31 bits per heavy atom. The summed E-state index contributed by atoms with van der Waals surface area (Å²) in [6, 6.07) is 13.9. The van der Waals surface area contributed by atoms with Crippen LogP contribution in [0, 0.1) is 0 Å². The van der Waals surface area contributed by atoms with Crippen molar-refractivity contribution in [3.8, 4) is 22.8 Å². The normalized spacial score (nSPS) is 12.6. The van der Waals surface area contributed by atoms with Gasteiger partial charge in [-0.3, -0.25) is 4.79 Å². The van der Waals surface area contributed by atoms with Crippen molar-refractivity contribution >= 4 is 9.84 Å². The number of aliphatic hydroxyl groups is 1. The van der Waals surface area contributed by atoms with Crippen molar-refractivity contribution in [3.63, 3.8) is 0 Å². The fraction of sp³-hybridized carbons (Fsp3) is 0.208. The van der Waals surface area contributed by atoms with Gasteiger partial charge in [0.25, 0.3) is 21.3 Å². The molecule has 0 amide bonds. The van der Waals surface area contributed by atoms with E-state index in [0.29, 0.717) is 11.1 Å². The molecule has 1 N–H and O–H groups in total. The van der Waals surface area contributed by atoms with Crippen molar-refractivity contribution in [3.05, 3.63) is 88.3 Å². The summed E-state index contributed by atoms with van der Waals surface area (Å²) in [5.74, 6) is 0.0765. The fourth-order valence-electron chi connectivity index (χ4n) is 3.40. The highest BCUT2D eigenvalue weighted by atomic mass is 32.2. The Bertz CT molecular complexity index is 1570. The number of rotatable bonds is 6. The summed E-state index contributed by atoms with van der Waals surface area (Å²) in [5.41, 5.74) is -4.59. The first-order valence-corrected chi connectivity index (χ1v) is 12.0. The summed E-state index contributed by atoms with van der Waals surface area (Å²) < 4.78 is 67.9. The predicted molar refractivity (Wildman–Crippen MR) is 123 cm³/mol. The lowest BCUT2D eigenvalue weighted by Crippen LogP contribution is -2.23. The molecule has 0 aliphatic carbocycles. The maximum Gasteiger partial charge on any atom is 0.501 e. The van der Waals surface area contributed by atoms with Crippen LogP contribution in [-0.4, -0.2) is 33.7 Å². The molecule has 36 heavy (non-hydrogen) atoms. The van der Waals surface area contributed by atoms with Crippen molar-refractivity contribution in [2.45, 2.75) is 36.4 Å². The number of nitrogens with zero attached hydrogens (tertiary/aromatic N) is 3.